The molecule has 0 spiro atoms. The van der Waals surface area contributed by atoms with Crippen LogP contribution in [-0.2, 0) is 0 Å². The van der Waals surface area contributed by atoms with Crippen molar-refractivity contribution in [2.45, 2.75) is 6.42 Å². The minimum atomic E-state index is 0.591. The Bertz CT molecular complexity index is 52.9. The van der Waals surface area contributed by atoms with Gasteiger partial charge in [0.25, 0.3) is 0 Å². The van der Waals surface area contributed by atoms with Gasteiger partial charge in [0.1, 0.15) is 0 Å². The third-order valence-corrected chi connectivity index (χ3v) is 1.10. The van der Waals surface area contributed by atoms with Gasteiger partial charge in [0, 0.05) is 0 Å². The molecule has 54 valence electrons. The number of nitrogens with zero attached hydrogens (tertiary/aromatic N) is 1. The molecule has 0 heterocycles. The Morgan fingerprint density at radius 2 is 2.11 bits per heavy atom. The standard InChI is InChI=1S/C7H16N2/c1-4-8-6-5-7-9(2)3/h1,8H,4-7H2,2-3H3. The van der Waals surface area contributed by atoms with Crippen molar-refractivity contribution in [3.05, 3.63) is 6.92 Å². The second kappa shape index (κ2) is 6.05. The molecule has 2 heteroatoms. The molecule has 0 atom stereocenters. The van der Waals surface area contributed by atoms with Crippen LogP contribution < -0.4 is 5.32 Å². The van der Waals surface area contributed by atoms with E-state index in [1.165, 1.54) is 6.42 Å². The second-order valence-corrected chi connectivity index (χ2v) is 2.36. The van der Waals surface area contributed by atoms with Crippen molar-refractivity contribution in [1.29, 1.82) is 0 Å². The lowest BCUT2D eigenvalue weighted by molar-refractivity contribution is 0.396. The summed E-state index contributed by atoms with van der Waals surface area (Å²) >= 11 is 0. The first kappa shape index (κ1) is 8.92. The lowest BCUT2D eigenvalue weighted by atomic mass is 10.4. The second-order valence-electron chi connectivity index (χ2n) is 2.36. The molecule has 9 heavy (non-hydrogen) atoms. The molecular formula is C7H16N2. The molecule has 0 rings (SSSR count). The van der Waals surface area contributed by atoms with E-state index in [9.17, 15) is 0 Å². The van der Waals surface area contributed by atoms with E-state index in [0.29, 0.717) is 6.54 Å². The molecule has 0 amide bonds. The van der Waals surface area contributed by atoms with E-state index in [-0.39, 0.29) is 0 Å². The third-order valence-electron chi connectivity index (χ3n) is 1.10. The largest absolute Gasteiger partial charge is 0.316 e. The molecule has 2 radical (unpaired) electrons. The molecule has 0 bridgehead atoms. The highest BCUT2D eigenvalue weighted by molar-refractivity contribution is 4.50. The van der Waals surface area contributed by atoms with Gasteiger partial charge in [0.05, 0.1) is 0 Å². The van der Waals surface area contributed by atoms with Gasteiger partial charge in [0.2, 0.25) is 0 Å². The summed E-state index contributed by atoms with van der Waals surface area (Å²) in [4.78, 5) is 2.16. The normalized spacial score (nSPS) is 10.7. The van der Waals surface area contributed by atoms with Crippen LogP contribution in [0.1, 0.15) is 6.42 Å². The summed E-state index contributed by atoms with van der Waals surface area (Å²) in [6.07, 6.45) is 1.17. The van der Waals surface area contributed by atoms with E-state index in [1.54, 1.807) is 0 Å². The van der Waals surface area contributed by atoms with Gasteiger partial charge in [-0.3, -0.25) is 0 Å². The summed E-state index contributed by atoms with van der Waals surface area (Å²) in [7, 11) is 4.14. The smallest absolute Gasteiger partial charge is 0.00127 e. The molecule has 0 aromatic heterocycles. The van der Waals surface area contributed by atoms with Crippen LogP contribution in [0.4, 0.5) is 0 Å². The Balaban J connectivity index is 2.75. The zero-order valence-corrected chi connectivity index (χ0v) is 6.35. The number of hydrogen-bond donors (Lipinski definition) is 1. The van der Waals surface area contributed by atoms with Gasteiger partial charge in [-0.15, -0.1) is 0 Å². The van der Waals surface area contributed by atoms with Crippen LogP contribution in [0, 0.1) is 6.92 Å². The summed E-state index contributed by atoms with van der Waals surface area (Å²) in [5, 5.41) is 3.05. The topological polar surface area (TPSA) is 15.3 Å². The van der Waals surface area contributed by atoms with Crippen molar-refractivity contribution >= 4 is 0 Å². The van der Waals surface area contributed by atoms with Crippen LogP contribution in [0.2, 0.25) is 0 Å². The van der Waals surface area contributed by atoms with Gasteiger partial charge in [-0.2, -0.15) is 0 Å². The molecule has 0 saturated carbocycles. The number of nitrogens with one attached hydrogen (secondary N) is 1. The van der Waals surface area contributed by atoms with E-state index < -0.39 is 0 Å². The van der Waals surface area contributed by atoms with Crippen LogP contribution in [0.15, 0.2) is 0 Å². The zero-order valence-electron chi connectivity index (χ0n) is 6.35. The Kier molecular flexibility index (Phi) is 5.99. The first-order valence-corrected chi connectivity index (χ1v) is 3.33. The highest BCUT2D eigenvalue weighted by atomic mass is 15.0. The first-order valence-electron chi connectivity index (χ1n) is 3.33. The quantitative estimate of drug-likeness (QED) is 0.533. The van der Waals surface area contributed by atoms with Crippen LogP contribution in [0.5, 0.6) is 0 Å². The zero-order chi connectivity index (χ0) is 7.11. The Morgan fingerprint density at radius 1 is 1.44 bits per heavy atom. The number of rotatable bonds is 5. The third kappa shape index (κ3) is 7.92. The fourth-order valence-electron chi connectivity index (χ4n) is 0.622. The highest BCUT2D eigenvalue weighted by Crippen LogP contribution is 1.79. The molecule has 0 aromatic rings. The summed E-state index contributed by atoms with van der Waals surface area (Å²) in [5.74, 6) is 0. The van der Waals surface area contributed by atoms with E-state index in [2.05, 4.69) is 24.3 Å². The lowest BCUT2D eigenvalue weighted by Gasteiger charge is -2.08. The van der Waals surface area contributed by atoms with E-state index in [4.69, 9.17) is 6.92 Å². The summed E-state index contributed by atoms with van der Waals surface area (Å²) < 4.78 is 0. The molecule has 0 fully saturated rings. The maximum Gasteiger partial charge on any atom is -0.00127 e. The van der Waals surface area contributed by atoms with Gasteiger partial charge in [-0.25, -0.2) is 0 Å². The van der Waals surface area contributed by atoms with E-state index in [0.717, 1.165) is 13.1 Å². The van der Waals surface area contributed by atoms with Crippen LogP contribution in [0.25, 0.3) is 0 Å². The molecule has 0 aliphatic rings. The Labute approximate surface area is 58.2 Å². The summed E-state index contributed by atoms with van der Waals surface area (Å²) in [5.41, 5.74) is 0. The average Bonchev–Trinajstić information content (AvgIpc) is 1.80. The van der Waals surface area contributed by atoms with Crippen molar-refractivity contribution in [2.24, 2.45) is 0 Å². The van der Waals surface area contributed by atoms with Crippen LogP contribution in [0.3, 0.4) is 0 Å². The fourth-order valence-corrected chi connectivity index (χ4v) is 0.622. The lowest BCUT2D eigenvalue weighted by Crippen LogP contribution is -2.20. The number of hydrogen-bond acceptors (Lipinski definition) is 2. The van der Waals surface area contributed by atoms with Crippen LogP contribution in [-0.4, -0.2) is 38.6 Å². The van der Waals surface area contributed by atoms with Crippen molar-refractivity contribution in [3.8, 4) is 0 Å². The van der Waals surface area contributed by atoms with E-state index >= 15 is 0 Å². The predicted octanol–water partition coefficient (Wildman–Crippen LogP) is 0.239. The average molecular weight is 128 g/mol. The molecule has 0 saturated heterocycles. The fraction of sp³-hybridized carbons (Fsp3) is 0.857. The van der Waals surface area contributed by atoms with Gasteiger partial charge in [-0.05, 0) is 47.1 Å². The minimum Gasteiger partial charge on any atom is -0.316 e. The van der Waals surface area contributed by atoms with E-state index in [1.807, 2.05) is 0 Å². The molecule has 0 aliphatic heterocycles. The van der Waals surface area contributed by atoms with Gasteiger partial charge in [0.15, 0.2) is 0 Å². The molecule has 0 unspecified atom stereocenters. The summed E-state index contributed by atoms with van der Waals surface area (Å²) in [6.45, 7) is 7.97. The SMILES string of the molecule is [CH]CNCCCN(C)C. The summed E-state index contributed by atoms with van der Waals surface area (Å²) in [6, 6.07) is 0. The van der Waals surface area contributed by atoms with Crippen LogP contribution >= 0.6 is 0 Å². The maximum absolute atomic E-state index is 5.22. The predicted molar refractivity (Wildman–Crippen MR) is 40.3 cm³/mol. The Hall–Kier alpha value is -0.0800. The van der Waals surface area contributed by atoms with Crippen molar-refractivity contribution in [3.63, 3.8) is 0 Å². The van der Waals surface area contributed by atoms with Gasteiger partial charge in [-0.1, -0.05) is 0 Å². The minimum absolute atomic E-state index is 0.591. The highest BCUT2D eigenvalue weighted by Gasteiger charge is 1.87. The van der Waals surface area contributed by atoms with Gasteiger partial charge < -0.3 is 10.2 Å². The Morgan fingerprint density at radius 3 is 2.56 bits per heavy atom. The van der Waals surface area contributed by atoms with Gasteiger partial charge >= 0.3 is 0 Å². The molecule has 0 aliphatic carbocycles. The first-order chi connectivity index (χ1) is 4.27. The molecule has 0 aromatic carbocycles. The molecular weight excluding hydrogens is 112 g/mol. The molecule has 2 nitrogen and oxygen atoms in total. The van der Waals surface area contributed by atoms with Crippen molar-refractivity contribution < 1.29 is 0 Å². The van der Waals surface area contributed by atoms with Crippen molar-refractivity contribution in [2.75, 3.05) is 33.7 Å². The monoisotopic (exact) mass is 128 g/mol. The maximum atomic E-state index is 5.22. The van der Waals surface area contributed by atoms with Crippen molar-refractivity contribution in [1.82, 2.24) is 10.2 Å². The molecule has 1 N–H and O–H groups in total.